The maximum atomic E-state index is 13.1. The van der Waals surface area contributed by atoms with Crippen LogP contribution in [-0.4, -0.2) is 19.6 Å². The van der Waals surface area contributed by atoms with Crippen LogP contribution in [0.15, 0.2) is 74.5 Å². The number of amides is 1. The molecular weight excluding hydrogens is 386 g/mol. The highest BCUT2D eigenvalue weighted by molar-refractivity contribution is 5.92. The number of aryl methyl sites for hydroxylation is 1. The van der Waals surface area contributed by atoms with E-state index in [1.54, 1.807) is 55.6 Å². The number of ether oxygens (including phenoxy) is 2. The predicted octanol–water partition coefficient (Wildman–Crippen LogP) is 4.39. The lowest BCUT2D eigenvalue weighted by atomic mass is 10.1. The number of benzene rings is 2. The number of carbonyl (C=O) groups excluding carboxylic acids is 1. The van der Waals surface area contributed by atoms with Crippen molar-refractivity contribution in [3.8, 4) is 23.0 Å². The molecule has 2 heterocycles. The molecule has 152 valence electrons. The molecule has 0 saturated carbocycles. The van der Waals surface area contributed by atoms with Crippen LogP contribution in [0.1, 0.15) is 5.56 Å². The lowest BCUT2D eigenvalue weighted by Crippen LogP contribution is -2.22. The fraction of sp³-hybridized carbons (Fsp3) is 0.130. The van der Waals surface area contributed by atoms with Crippen LogP contribution in [0, 0.1) is 6.92 Å². The van der Waals surface area contributed by atoms with Gasteiger partial charge in [-0.25, -0.2) is 0 Å². The quantitative estimate of drug-likeness (QED) is 0.512. The van der Waals surface area contributed by atoms with Crippen molar-refractivity contribution >= 4 is 22.6 Å². The van der Waals surface area contributed by atoms with E-state index >= 15 is 0 Å². The summed E-state index contributed by atoms with van der Waals surface area (Å²) in [6, 6.07) is 15.5. The Morgan fingerprint density at radius 3 is 2.60 bits per heavy atom. The first kappa shape index (κ1) is 19.3. The van der Waals surface area contributed by atoms with Gasteiger partial charge in [-0.3, -0.25) is 9.59 Å². The molecule has 0 atom stereocenters. The first-order valence-electron chi connectivity index (χ1n) is 9.23. The predicted molar refractivity (Wildman–Crippen MR) is 112 cm³/mol. The van der Waals surface area contributed by atoms with E-state index < -0.39 is 5.91 Å². The number of rotatable bonds is 6. The highest BCUT2D eigenvalue weighted by atomic mass is 16.5. The second-order valence-corrected chi connectivity index (χ2v) is 6.63. The van der Waals surface area contributed by atoms with Gasteiger partial charge in [0.05, 0.1) is 18.8 Å². The molecule has 1 N–H and O–H groups in total. The maximum Gasteiger partial charge on any atom is 0.262 e. The van der Waals surface area contributed by atoms with E-state index in [0.29, 0.717) is 28.2 Å². The van der Waals surface area contributed by atoms with Crippen LogP contribution in [0.4, 0.5) is 5.69 Å². The number of furan rings is 1. The minimum absolute atomic E-state index is 0.0760. The number of fused-ring (bicyclic) bond motifs is 1. The van der Waals surface area contributed by atoms with Gasteiger partial charge < -0.3 is 23.6 Å². The van der Waals surface area contributed by atoms with E-state index in [1.807, 2.05) is 13.0 Å². The Morgan fingerprint density at radius 1 is 1.10 bits per heavy atom. The minimum atomic E-state index is -0.422. The zero-order valence-electron chi connectivity index (χ0n) is 16.4. The molecule has 0 spiro atoms. The highest BCUT2D eigenvalue weighted by Gasteiger charge is 2.20. The second kappa shape index (κ2) is 8.16. The summed E-state index contributed by atoms with van der Waals surface area (Å²) in [4.78, 5) is 25.4. The first-order valence-corrected chi connectivity index (χ1v) is 9.23. The number of nitrogens with one attached hydrogen (secondary N) is 1. The average molecular weight is 405 g/mol. The van der Waals surface area contributed by atoms with Gasteiger partial charge in [-0.05, 0) is 55.5 Å². The molecular formula is C23H19NO6. The number of methoxy groups -OCH3 is 1. The third-order valence-corrected chi connectivity index (χ3v) is 4.47. The van der Waals surface area contributed by atoms with Gasteiger partial charge in [-0.15, -0.1) is 0 Å². The zero-order valence-corrected chi connectivity index (χ0v) is 16.4. The van der Waals surface area contributed by atoms with E-state index in [9.17, 15) is 9.59 Å². The smallest absolute Gasteiger partial charge is 0.262 e. The van der Waals surface area contributed by atoms with Crippen molar-refractivity contribution in [2.75, 3.05) is 19.0 Å². The Labute approximate surface area is 171 Å². The average Bonchev–Trinajstić information content (AvgIpc) is 3.28. The van der Waals surface area contributed by atoms with Crippen LogP contribution >= 0.6 is 0 Å². The lowest BCUT2D eigenvalue weighted by Gasteiger charge is -2.11. The van der Waals surface area contributed by atoms with Gasteiger partial charge in [-0.2, -0.15) is 0 Å². The van der Waals surface area contributed by atoms with Gasteiger partial charge in [-0.1, -0.05) is 11.6 Å². The van der Waals surface area contributed by atoms with Crippen LogP contribution < -0.4 is 20.2 Å². The zero-order chi connectivity index (χ0) is 21.1. The summed E-state index contributed by atoms with van der Waals surface area (Å²) in [7, 11) is 1.56. The van der Waals surface area contributed by atoms with Crippen molar-refractivity contribution in [3.63, 3.8) is 0 Å². The highest BCUT2D eigenvalue weighted by Crippen LogP contribution is 2.31. The third-order valence-electron chi connectivity index (χ3n) is 4.47. The van der Waals surface area contributed by atoms with E-state index in [2.05, 4.69) is 5.32 Å². The molecule has 30 heavy (non-hydrogen) atoms. The largest absolute Gasteiger partial charge is 0.497 e. The van der Waals surface area contributed by atoms with Gasteiger partial charge in [0.2, 0.25) is 16.9 Å². The molecule has 0 aliphatic heterocycles. The number of carbonyl (C=O) groups is 1. The van der Waals surface area contributed by atoms with E-state index in [-0.39, 0.29) is 23.5 Å². The Bertz CT molecular complexity index is 1240. The molecule has 0 radical (unpaired) electrons. The summed E-state index contributed by atoms with van der Waals surface area (Å²) < 4.78 is 22.0. The normalized spacial score (nSPS) is 10.7. The van der Waals surface area contributed by atoms with Gasteiger partial charge in [0.25, 0.3) is 5.91 Å². The van der Waals surface area contributed by atoms with Crippen LogP contribution in [0.5, 0.6) is 11.5 Å². The summed E-state index contributed by atoms with van der Waals surface area (Å²) in [6.07, 6.45) is 1.47. The first-order chi connectivity index (χ1) is 14.5. The molecule has 0 fully saturated rings. The molecule has 7 nitrogen and oxygen atoms in total. The van der Waals surface area contributed by atoms with Crippen molar-refractivity contribution in [2.24, 2.45) is 0 Å². The molecule has 0 aliphatic carbocycles. The Hall–Kier alpha value is -4.00. The van der Waals surface area contributed by atoms with Crippen LogP contribution in [-0.2, 0) is 4.79 Å². The van der Waals surface area contributed by atoms with Crippen molar-refractivity contribution in [1.29, 1.82) is 0 Å². The fourth-order valence-electron chi connectivity index (χ4n) is 3.00. The van der Waals surface area contributed by atoms with Crippen LogP contribution in [0.3, 0.4) is 0 Å². The van der Waals surface area contributed by atoms with Crippen molar-refractivity contribution in [1.82, 2.24) is 0 Å². The van der Waals surface area contributed by atoms with Gasteiger partial charge in [0.1, 0.15) is 11.3 Å². The molecule has 0 saturated heterocycles. The molecule has 1 amide bonds. The number of hydrogen-bond acceptors (Lipinski definition) is 6. The number of hydrogen-bond donors (Lipinski definition) is 1. The van der Waals surface area contributed by atoms with Crippen molar-refractivity contribution in [3.05, 3.63) is 76.6 Å². The van der Waals surface area contributed by atoms with Gasteiger partial charge in [0, 0.05) is 5.69 Å². The standard InChI is InChI=1S/C23H19NO6/c1-14-5-10-18-17(12-14)21(26)23(22(30-18)19-4-3-11-28-19)29-13-20(25)24-15-6-8-16(27-2)9-7-15/h3-12H,13H2,1-2H3,(H,24,25). The van der Waals surface area contributed by atoms with E-state index in [4.69, 9.17) is 18.3 Å². The second-order valence-electron chi connectivity index (χ2n) is 6.63. The Morgan fingerprint density at radius 2 is 1.90 bits per heavy atom. The van der Waals surface area contributed by atoms with Gasteiger partial charge >= 0.3 is 0 Å². The summed E-state index contributed by atoms with van der Waals surface area (Å²) in [5.74, 6) is 0.650. The lowest BCUT2D eigenvalue weighted by molar-refractivity contribution is -0.118. The molecule has 0 aliphatic rings. The Kier molecular flexibility index (Phi) is 5.26. The van der Waals surface area contributed by atoms with E-state index in [0.717, 1.165) is 5.56 Å². The third kappa shape index (κ3) is 3.91. The monoisotopic (exact) mass is 405 g/mol. The maximum absolute atomic E-state index is 13.1. The molecule has 2 aromatic heterocycles. The molecule has 0 bridgehead atoms. The SMILES string of the molecule is COc1ccc(NC(=O)COc2c(-c3ccco3)oc3ccc(C)cc3c2=O)cc1. The molecule has 4 rings (SSSR count). The van der Waals surface area contributed by atoms with Crippen LogP contribution in [0.2, 0.25) is 0 Å². The summed E-state index contributed by atoms with van der Waals surface area (Å²) in [5.41, 5.74) is 1.52. The minimum Gasteiger partial charge on any atom is -0.497 e. The molecule has 0 unspecified atom stereocenters. The molecule has 2 aromatic carbocycles. The topological polar surface area (TPSA) is 90.9 Å². The Balaban J connectivity index is 1.62. The van der Waals surface area contributed by atoms with Gasteiger partial charge in [0.15, 0.2) is 12.4 Å². The van der Waals surface area contributed by atoms with E-state index in [1.165, 1.54) is 6.26 Å². The van der Waals surface area contributed by atoms with Crippen molar-refractivity contribution < 1.29 is 23.1 Å². The van der Waals surface area contributed by atoms with Crippen LogP contribution in [0.25, 0.3) is 22.5 Å². The molecule has 7 heteroatoms. The fourth-order valence-corrected chi connectivity index (χ4v) is 3.00. The number of anilines is 1. The summed E-state index contributed by atoms with van der Waals surface area (Å²) in [6.45, 7) is 1.50. The van der Waals surface area contributed by atoms with Crippen molar-refractivity contribution in [2.45, 2.75) is 6.92 Å². The summed E-state index contributed by atoms with van der Waals surface area (Å²) >= 11 is 0. The summed E-state index contributed by atoms with van der Waals surface area (Å²) in [5, 5.41) is 3.08. The molecule has 4 aromatic rings.